The summed E-state index contributed by atoms with van der Waals surface area (Å²) in [5.41, 5.74) is 1.24. The van der Waals surface area contributed by atoms with Gasteiger partial charge in [-0.1, -0.05) is 62.6 Å². The molecule has 18 heavy (non-hydrogen) atoms. The van der Waals surface area contributed by atoms with E-state index in [9.17, 15) is 0 Å². The molecule has 0 atom stereocenters. The molecule has 0 aliphatic carbocycles. The lowest BCUT2D eigenvalue weighted by Crippen LogP contribution is -1.82. The first kappa shape index (κ1) is 14.3. The van der Waals surface area contributed by atoms with Gasteiger partial charge in [0.15, 0.2) is 0 Å². The Labute approximate surface area is 110 Å². The zero-order chi connectivity index (χ0) is 13.2. The lowest BCUT2D eigenvalue weighted by Gasteiger charge is -2.04. The number of para-hydroxylation sites is 1. The summed E-state index contributed by atoms with van der Waals surface area (Å²) in [5, 5.41) is 0. The van der Waals surface area contributed by atoms with Crippen LogP contribution in [0.25, 0.3) is 0 Å². The van der Waals surface area contributed by atoms with Crippen LogP contribution in [0.2, 0.25) is 0 Å². The molecule has 0 spiro atoms. The molecule has 0 aromatic heterocycles. The Morgan fingerprint density at radius 3 is 1.72 bits per heavy atom. The number of rotatable bonds is 3. The molecule has 0 fully saturated rings. The van der Waals surface area contributed by atoms with Gasteiger partial charge in [-0.15, -0.1) is 0 Å². The average molecular weight is 242 g/mol. The molecule has 2 rings (SSSR count). The lowest BCUT2D eigenvalue weighted by atomic mass is 10.2. The van der Waals surface area contributed by atoms with E-state index in [1.54, 1.807) is 0 Å². The maximum Gasteiger partial charge on any atom is 0.127 e. The standard InChI is InChI=1S/C13H12O.C4H10/c1-11-7-9-13(10-8-11)14-12-5-3-2-4-6-12;1-3-4-2/h2-10H,1H3;3-4H2,1-2H3. The van der Waals surface area contributed by atoms with Crippen molar-refractivity contribution in [2.45, 2.75) is 33.6 Å². The van der Waals surface area contributed by atoms with Crippen LogP contribution in [0.5, 0.6) is 11.5 Å². The molecule has 2 aromatic rings. The van der Waals surface area contributed by atoms with Crippen molar-refractivity contribution in [3.8, 4) is 11.5 Å². The molecule has 96 valence electrons. The second kappa shape index (κ2) is 8.35. The lowest BCUT2D eigenvalue weighted by molar-refractivity contribution is 0.482. The van der Waals surface area contributed by atoms with E-state index >= 15 is 0 Å². The summed E-state index contributed by atoms with van der Waals surface area (Å²) in [7, 11) is 0. The van der Waals surface area contributed by atoms with E-state index in [4.69, 9.17) is 4.74 Å². The minimum absolute atomic E-state index is 0.872. The molecule has 0 unspecified atom stereocenters. The Morgan fingerprint density at radius 1 is 0.722 bits per heavy atom. The topological polar surface area (TPSA) is 9.23 Å². The van der Waals surface area contributed by atoms with Crippen LogP contribution in [0.1, 0.15) is 32.3 Å². The van der Waals surface area contributed by atoms with Crippen molar-refractivity contribution in [3.05, 3.63) is 60.2 Å². The van der Waals surface area contributed by atoms with E-state index in [1.807, 2.05) is 54.6 Å². The molecule has 0 saturated heterocycles. The van der Waals surface area contributed by atoms with Crippen LogP contribution in [-0.2, 0) is 0 Å². The molecule has 1 heteroatoms. The molecular formula is C17H22O. The molecule has 0 N–H and O–H groups in total. The van der Waals surface area contributed by atoms with Crippen LogP contribution in [0.15, 0.2) is 54.6 Å². The quantitative estimate of drug-likeness (QED) is 0.681. The summed E-state index contributed by atoms with van der Waals surface area (Å²) < 4.78 is 5.63. The number of hydrogen-bond acceptors (Lipinski definition) is 1. The third kappa shape index (κ3) is 5.53. The molecule has 0 heterocycles. The van der Waals surface area contributed by atoms with E-state index in [0.29, 0.717) is 0 Å². The number of hydrogen-bond donors (Lipinski definition) is 0. The Bertz CT molecular complexity index is 415. The van der Waals surface area contributed by atoms with Crippen LogP contribution in [-0.4, -0.2) is 0 Å². The molecule has 0 aliphatic heterocycles. The van der Waals surface area contributed by atoms with E-state index < -0.39 is 0 Å². The summed E-state index contributed by atoms with van der Waals surface area (Å²) in [4.78, 5) is 0. The van der Waals surface area contributed by atoms with Gasteiger partial charge in [-0.2, -0.15) is 0 Å². The SMILES string of the molecule is CCCC.Cc1ccc(Oc2ccccc2)cc1. The highest BCUT2D eigenvalue weighted by Crippen LogP contribution is 2.20. The number of ether oxygens (including phenoxy) is 1. The Balaban J connectivity index is 0.000000357. The normalized spacial score (nSPS) is 9.28. The number of benzene rings is 2. The third-order valence-corrected chi connectivity index (χ3v) is 2.50. The Kier molecular flexibility index (Phi) is 6.63. The first-order valence-corrected chi connectivity index (χ1v) is 6.55. The van der Waals surface area contributed by atoms with Crippen LogP contribution >= 0.6 is 0 Å². The minimum Gasteiger partial charge on any atom is -0.457 e. The zero-order valence-corrected chi connectivity index (χ0v) is 11.5. The summed E-state index contributed by atoms with van der Waals surface area (Å²) in [6.45, 7) is 6.42. The zero-order valence-electron chi connectivity index (χ0n) is 11.5. The van der Waals surface area contributed by atoms with Gasteiger partial charge >= 0.3 is 0 Å². The average Bonchev–Trinajstić information content (AvgIpc) is 2.43. The molecule has 1 nitrogen and oxygen atoms in total. The minimum atomic E-state index is 0.872. The predicted molar refractivity (Wildman–Crippen MR) is 78.3 cm³/mol. The second-order valence-electron chi connectivity index (χ2n) is 4.23. The molecule has 0 radical (unpaired) electrons. The van der Waals surface area contributed by atoms with Crippen molar-refractivity contribution < 1.29 is 4.74 Å². The van der Waals surface area contributed by atoms with Crippen molar-refractivity contribution in [2.75, 3.05) is 0 Å². The van der Waals surface area contributed by atoms with E-state index in [2.05, 4.69) is 20.8 Å². The third-order valence-electron chi connectivity index (χ3n) is 2.50. The van der Waals surface area contributed by atoms with Crippen LogP contribution in [0.4, 0.5) is 0 Å². The molecule has 0 amide bonds. The van der Waals surface area contributed by atoms with Gasteiger partial charge in [0, 0.05) is 0 Å². The highest BCUT2D eigenvalue weighted by molar-refractivity contribution is 5.32. The van der Waals surface area contributed by atoms with E-state index in [1.165, 1.54) is 18.4 Å². The summed E-state index contributed by atoms with van der Waals surface area (Å²) in [5.74, 6) is 1.75. The van der Waals surface area contributed by atoms with Crippen molar-refractivity contribution in [3.63, 3.8) is 0 Å². The summed E-state index contributed by atoms with van der Waals surface area (Å²) >= 11 is 0. The molecule has 0 saturated carbocycles. The number of aryl methyl sites for hydroxylation is 1. The predicted octanol–water partition coefficient (Wildman–Crippen LogP) is 5.59. The largest absolute Gasteiger partial charge is 0.457 e. The van der Waals surface area contributed by atoms with E-state index in [-0.39, 0.29) is 0 Å². The van der Waals surface area contributed by atoms with Gasteiger partial charge in [0.25, 0.3) is 0 Å². The van der Waals surface area contributed by atoms with Gasteiger partial charge in [0.2, 0.25) is 0 Å². The maximum atomic E-state index is 5.63. The second-order valence-corrected chi connectivity index (χ2v) is 4.23. The number of unbranched alkanes of at least 4 members (excludes halogenated alkanes) is 1. The van der Waals surface area contributed by atoms with Gasteiger partial charge in [-0.05, 0) is 31.2 Å². The maximum absolute atomic E-state index is 5.63. The Hall–Kier alpha value is -1.76. The van der Waals surface area contributed by atoms with Gasteiger partial charge in [0.05, 0.1) is 0 Å². The fraction of sp³-hybridized carbons (Fsp3) is 0.294. The monoisotopic (exact) mass is 242 g/mol. The van der Waals surface area contributed by atoms with Gasteiger partial charge in [-0.3, -0.25) is 0 Å². The fourth-order valence-electron chi connectivity index (χ4n) is 1.23. The smallest absolute Gasteiger partial charge is 0.127 e. The first-order valence-electron chi connectivity index (χ1n) is 6.55. The fourth-order valence-corrected chi connectivity index (χ4v) is 1.23. The van der Waals surface area contributed by atoms with E-state index in [0.717, 1.165) is 11.5 Å². The van der Waals surface area contributed by atoms with Crippen molar-refractivity contribution >= 4 is 0 Å². The van der Waals surface area contributed by atoms with Crippen LogP contribution < -0.4 is 4.74 Å². The van der Waals surface area contributed by atoms with Crippen molar-refractivity contribution in [1.82, 2.24) is 0 Å². The molecule has 0 aliphatic rings. The van der Waals surface area contributed by atoms with Crippen molar-refractivity contribution in [1.29, 1.82) is 0 Å². The van der Waals surface area contributed by atoms with Crippen molar-refractivity contribution in [2.24, 2.45) is 0 Å². The van der Waals surface area contributed by atoms with Crippen LogP contribution in [0, 0.1) is 6.92 Å². The summed E-state index contributed by atoms with van der Waals surface area (Å²) in [6, 6.07) is 17.8. The molecule has 2 aromatic carbocycles. The summed E-state index contributed by atoms with van der Waals surface area (Å²) in [6.07, 6.45) is 2.64. The molecular weight excluding hydrogens is 220 g/mol. The first-order chi connectivity index (χ1) is 8.76. The van der Waals surface area contributed by atoms with Gasteiger partial charge in [-0.25, -0.2) is 0 Å². The molecule has 0 bridgehead atoms. The highest BCUT2D eigenvalue weighted by Gasteiger charge is 1.94. The van der Waals surface area contributed by atoms with Gasteiger partial charge in [0.1, 0.15) is 11.5 Å². The highest BCUT2D eigenvalue weighted by atomic mass is 16.5. The van der Waals surface area contributed by atoms with Gasteiger partial charge < -0.3 is 4.74 Å². The Morgan fingerprint density at radius 2 is 1.22 bits per heavy atom. The van der Waals surface area contributed by atoms with Crippen LogP contribution in [0.3, 0.4) is 0 Å².